The Morgan fingerprint density at radius 1 is 1.26 bits per heavy atom. The second-order valence-electron chi connectivity index (χ2n) is 4.46. The first-order valence-corrected chi connectivity index (χ1v) is 5.85. The summed E-state index contributed by atoms with van der Waals surface area (Å²) >= 11 is 0. The highest BCUT2D eigenvalue weighted by molar-refractivity contribution is 5.88. The molecule has 0 unspecified atom stereocenters. The first-order chi connectivity index (χ1) is 8.99. The van der Waals surface area contributed by atoms with Gasteiger partial charge in [-0.05, 0) is 30.2 Å². The summed E-state index contributed by atoms with van der Waals surface area (Å²) in [5.74, 6) is -1.02. The third kappa shape index (κ3) is 2.76. The Balaban J connectivity index is 2.52. The van der Waals surface area contributed by atoms with Crippen molar-refractivity contribution in [3.8, 4) is 11.4 Å². The van der Waals surface area contributed by atoms with Crippen molar-refractivity contribution in [2.24, 2.45) is 0 Å². The minimum absolute atomic E-state index is 0.0340. The molecule has 5 heteroatoms. The summed E-state index contributed by atoms with van der Waals surface area (Å²) in [4.78, 5) is 19.4. The van der Waals surface area contributed by atoms with E-state index in [1.165, 1.54) is 18.3 Å². The highest BCUT2D eigenvalue weighted by Crippen LogP contribution is 2.21. The van der Waals surface area contributed by atoms with Crippen molar-refractivity contribution in [2.75, 3.05) is 0 Å². The molecule has 98 valence electrons. The predicted octanol–water partition coefficient (Wildman–Crippen LogP) is 3.10. The van der Waals surface area contributed by atoms with Crippen molar-refractivity contribution < 1.29 is 14.3 Å². The maximum absolute atomic E-state index is 12.9. The fraction of sp³-hybridized carbons (Fsp3) is 0.214. The van der Waals surface area contributed by atoms with Gasteiger partial charge < -0.3 is 5.11 Å². The zero-order chi connectivity index (χ0) is 14.0. The van der Waals surface area contributed by atoms with Crippen LogP contribution in [-0.4, -0.2) is 21.0 Å². The van der Waals surface area contributed by atoms with Gasteiger partial charge in [-0.1, -0.05) is 13.8 Å². The van der Waals surface area contributed by atoms with Crippen LogP contribution < -0.4 is 0 Å². The zero-order valence-corrected chi connectivity index (χ0v) is 10.6. The Hall–Kier alpha value is -2.30. The number of hydrogen-bond donors (Lipinski definition) is 1. The van der Waals surface area contributed by atoms with Crippen LogP contribution in [0.5, 0.6) is 0 Å². The van der Waals surface area contributed by atoms with Gasteiger partial charge in [-0.3, -0.25) is 0 Å². The molecule has 0 saturated carbocycles. The molecule has 0 fully saturated rings. The quantitative estimate of drug-likeness (QED) is 0.921. The molecule has 1 aromatic carbocycles. The lowest BCUT2D eigenvalue weighted by atomic mass is 10.0. The average Bonchev–Trinajstić information content (AvgIpc) is 2.38. The number of carbonyl (C=O) groups is 1. The van der Waals surface area contributed by atoms with Crippen LogP contribution in [0.15, 0.2) is 30.5 Å². The van der Waals surface area contributed by atoms with E-state index in [0.29, 0.717) is 17.1 Å². The molecule has 4 nitrogen and oxygen atoms in total. The summed E-state index contributed by atoms with van der Waals surface area (Å²) in [6.45, 7) is 3.73. The lowest BCUT2D eigenvalue weighted by Gasteiger charge is -2.10. The number of hydrogen-bond acceptors (Lipinski definition) is 3. The van der Waals surface area contributed by atoms with Crippen molar-refractivity contribution in [1.82, 2.24) is 9.97 Å². The van der Waals surface area contributed by atoms with Gasteiger partial charge in [0.25, 0.3) is 0 Å². The number of halogens is 1. The first kappa shape index (κ1) is 13.1. The van der Waals surface area contributed by atoms with Crippen LogP contribution >= 0.6 is 0 Å². The lowest BCUT2D eigenvalue weighted by Crippen LogP contribution is -2.08. The minimum Gasteiger partial charge on any atom is -0.478 e. The molecule has 0 saturated heterocycles. The maximum Gasteiger partial charge on any atom is 0.339 e. The van der Waals surface area contributed by atoms with E-state index in [-0.39, 0.29) is 17.3 Å². The normalized spacial score (nSPS) is 10.7. The van der Waals surface area contributed by atoms with Crippen molar-refractivity contribution in [3.63, 3.8) is 0 Å². The van der Waals surface area contributed by atoms with E-state index in [2.05, 4.69) is 9.97 Å². The molecular formula is C14H13FN2O2. The largest absolute Gasteiger partial charge is 0.478 e. The maximum atomic E-state index is 12.9. The number of aromatic nitrogens is 2. The molecule has 0 spiro atoms. The summed E-state index contributed by atoms with van der Waals surface area (Å²) in [5.41, 5.74) is 1.22. The second kappa shape index (κ2) is 5.14. The van der Waals surface area contributed by atoms with Gasteiger partial charge in [0.1, 0.15) is 5.82 Å². The molecule has 1 aromatic heterocycles. The van der Waals surface area contributed by atoms with E-state index in [0.717, 1.165) is 0 Å². The van der Waals surface area contributed by atoms with E-state index in [4.69, 9.17) is 5.11 Å². The molecule has 0 radical (unpaired) electrons. The van der Waals surface area contributed by atoms with Gasteiger partial charge in [0.2, 0.25) is 0 Å². The molecule has 0 amide bonds. The Morgan fingerprint density at radius 2 is 1.89 bits per heavy atom. The summed E-state index contributed by atoms with van der Waals surface area (Å²) < 4.78 is 12.9. The van der Waals surface area contributed by atoms with E-state index in [1.807, 2.05) is 13.8 Å². The number of aromatic carboxylic acids is 1. The van der Waals surface area contributed by atoms with Crippen molar-refractivity contribution in [1.29, 1.82) is 0 Å². The number of carboxylic acids is 1. The number of carboxylic acid groups (broad SMARTS) is 1. The van der Waals surface area contributed by atoms with E-state index in [9.17, 15) is 9.18 Å². The van der Waals surface area contributed by atoms with Gasteiger partial charge in [-0.2, -0.15) is 0 Å². The Morgan fingerprint density at radius 3 is 2.42 bits per heavy atom. The SMILES string of the molecule is CC(C)c1nc(-c2ccc(F)cc2)ncc1C(=O)O. The standard InChI is InChI=1S/C14H13FN2O2/c1-8(2)12-11(14(18)19)7-16-13(17-12)9-3-5-10(15)6-4-9/h3-8H,1-2H3,(H,18,19). The van der Waals surface area contributed by atoms with Gasteiger partial charge in [0, 0.05) is 11.8 Å². The average molecular weight is 260 g/mol. The molecular weight excluding hydrogens is 247 g/mol. The summed E-state index contributed by atoms with van der Waals surface area (Å²) in [6, 6.07) is 5.77. The summed E-state index contributed by atoms with van der Waals surface area (Å²) in [5, 5.41) is 9.08. The van der Waals surface area contributed by atoms with Crippen LogP contribution in [0.1, 0.15) is 35.8 Å². The van der Waals surface area contributed by atoms with E-state index in [1.54, 1.807) is 12.1 Å². The Kier molecular flexibility index (Phi) is 3.55. The molecule has 1 N–H and O–H groups in total. The number of nitrogens with zero attached hydrogens (tertiary/aromatic N) is 2. The Bertz CT molecular complexity index is 609. The topological polar surface area (TPSA) is 63.1 Å². The Labute approximate surface area is 110 Å². The van der Waals surface area contributed by atoms with Gasteiger partial charge in [-0.15, -0.1) is 0 Å². The fourth-order valence-electron chi connectivity index (χ4n) is 1.74. The fourth-order valence-corrected chi connectivity index (χ4v) is 1.74. The molecule has 0 atom stereocenters. The molecule has 0 aliphatic rings. The minimum atomic E-state index is -1.05. The summed E-state index contributed by atoms with van der Waals surface area (Å²) in [6.07, 6.45) is 1.29. The van der Waals surface area contributed by atoms with Crippen molar-refractivity contribution in [3.05, 3.63) is 47.5 Å². The van der Waals surface area contributed by atoms with Crippen LogP contribution in [0.2, 0.25) is 0 Å². The van der Waals surface area contributed by atoms with Gasteiger partial charge in [0.05, 0.1) is 11.3 Å². The predicted molar refractivity (Wildman–Crippen MR) is 68.5 cm³/mol. The van der Waals surface area contributed by atoms with Crippen LogP contribution in [0.25, 0.3) is 11.4 Å². The zero-order valence-electron chi connectivity index (χ0n) is 10.6. The monoisotopic (exact) mass is 260 g/mol. The third-order valence-corrected chi connectivity index (χ3v) is 2.70. The molecule has 2 rings (SSSR count). The highest BCUT2D eigenvalue weighted by Gasteiger charge is 2.16. The van der Waals surface area contributed by atoms with Crippen LogP contribution in [-0.2, 0) is 0 Å². The van der Waals surface area contributed by atoms with Crippen LogP contribution in [0.3, 0.4) is 0 Å². The summed E-state index contributed by atoms with van der Waals surface area (Å²) in [7, 11) is 0. The van der Waals surface area contributed by atoms with Crippen LogP contribution in [0, 0.1) is 5.82 Å². The van der Waals surface area contributed by atoms with Crippen molar-refractivity contribution in [2.45, 2.75) is 19.8 Å². The lowest BCUT2D eigenvalue weighted by molar-refractivity contribution is 0.0694. The smallest absolute Gasteiger partial charge is 0.339 e. The molecule has 1 heterocycles. The molecule has 2 aromatic rings. The van der Waals surface area contributed by atoms with E-state index >= 15 is 0 Å². The van der Waals surface area contributed by atoms with E-state index < -0.39 is 5.97 Å². The highest BCUT2D eigenvalue weighted by atomic mass is 19.1. The second-order valence-corrected chi connectivity index (χ2v) is 4.46. The molecule has 0 aliphatic heterocycles. The van der Waals surface area contributed by atoms with Crippen LogP contribution in [0.4, 0.5) is 4.39 Å². The van der Waals surface area contributed by atoms with Gasteiger partial charge >= 0.3 is 5.97 Å². The van der Waals surface area contributed by atoms with Gasteiger partial charge in [0.15, 0.2) is 5.82 Å². The number of rotatable bonds is 3. The number of benzene rings is 1. The first-order valence-electron chi connectivity index (χ1n) is 5.85. The third-order valence-electron chi connectivity index (χ3n) is 2.70. The molecule has 0 aliphatic carbocycles. The van der Waals surface area contributed by atoms with Gasteiger partial charge in [-0.25, -0.2) is 19.2 Å². The van der Waals surface area contributed by atoms with Crippen molar-refractivity contribution >= 4 is 5.97 Å². The molecule has 19 heavy (non-hydrogen) atoms. The molecule has 0 bridgehead atoms.